The summed E-state index contributed by atoms with van der Waals surface area (Å²) in [5, 5.41) is 12.1. The first-order valence-corrected chi connectivity index (χ1v) is 4.93. The fraction of sp³-hybridized carbons (Fsp3) is 0.400. The lowest BCUT2D eigenvalue weighted by Gasteiger charge is -2.28. The third-order valence-electron chi connectivity index (χ3n) is 2.39. The molecule has 0 bridgehead atoms. The molecule has 80 valence electrons. The molecule has 2 N–H and O–H groups in total. The zero-order valence-electron chi connectivity index (χ0n) is 8.31. The standard InChI is InChI=1S/C10H13N3O2/c14-10(15)8-2-1-3-9(12-8)13-6-4-11-5-7-13/h1-3,11H,4-7H2,(H,14,15). The molecule has 1 aliphatic rings. The van der Waals surface area contributed by atoms with Gasteiger partial charge in [-0.1, -0.05) is 6.07 Å². The van der Waals surface area contributed by atoms with Crippen LogP contribution in [-0.2, 0) is 0 Å². The lowest BCUT2D eigenvalue weighted by molar-refractivity contribution is 0.0690. The molecule has 1 aromatic rings. The third-order valence-corrected chi connectivity index (χ3v) is 2.39. The Hall–Kier alpha value is -1.62. The number of rotatable bonds is 2. The van der Waals surface area contributed by atoms with Crippen molar-refractivity contribution in [3.05, 3.63) is 23.9 Å². The van der Waals surface area contributed by atoms with E-state index in [1.165, 1.54) is 6.07 Å². The van der Waals surface area contributed by atoms with E-state index in [-0.39, 0.29) is 5.69 Å². The number of carboxylic acid groups (broad SMARTS) is 1. The van der Waals surface area contributed by atoms with Crippen LogP contribution in [0.15, 0.2) is 18.2 Å². The molecule has 15 heavy (non-hydrogen) atoms. The Kier molecular flexibility index (Phi) is 2.82. The number of hydrogen-bond donors (Lipinski definition) is 2. The zero-order valence-corrected chi connectivity index (χ0v) is 8.31. The molecule has 0 aliphatic carbocycles. The first-order chi connectivity index (χ1) is 7.27. The number of carbonyl (C=O) groups is 1. The topological polar surface area (TPSA) is 65.5 Å². The molecule has 0 atom stereocenters. The maximum atomic E-state index is 10.7. The second kappa shape index (κ2) is 4.27. The summed E-state index contributed by atoms with van der Waals surface area (Å²) in [6, 6.07) is 5.08. The van der Waals surface area contributed by atoms with E-state index in [4.69, 9.17) is 5.11 Å². The van der Waals surface area contributed by atoms with Crippen LogP contribution in [-0.4, -0.2) is 42.2 Å². The van der Waals surface area contributed by atoms with E-state index < -0.39 is 5.97 Å². The summed E-state index contributed by atoms with van der Waals surface area (Å²) in [7, 11) is 0. The first-order valence-electron chi connectivity index (χ1n) is 4.93. The van der Waals surface area contributed by atoms with Crippen molar-refractivity contribution >= 4 is 11.8 Å². The molecule has 5 heteroatoms. The second-order valence-electron chi connectivity index (χ2n) is 3.42. The van der Waals surface area contributed by atoms with Gasteiger partial charge >= 0.3 is 5.97 Å². The summed E-state index contributed by atoms with van der Waals surface area (Å²) in [5.74, 6) is -0.233. The Balaban J connectivity index is 2.19. The van der Waals surface area contributed by atoms with Gasteiger partial charge < -0.3 is 15.3 Å². The molecule has 2 rings (SSSR count). The van der Waals surface area contributed by atoms with E-state index in [9.17, 15) is 4.79 Å². The summed E-state index contributed by atoms with van der Waals surface area (Å²) in [5.41, 5.74) is 0.103. The van der Waals surface area contributed by atoms with Gasteiger partial charge in [-0.2, -0.15) is 0 Å². The number of nitrogens with zero attached hydrogens (tertiary/aromatic N) is 2. The van der Waals surface area contributed by atoms with Crippen LogP contribution < -0.4 is 10.2 Å². The molecule has 0 spiro atoms. The van der Waals surface area contributed by atoms with Gasteiger partial charge in [0.15, 0.2) is 5.69 Å². The SMILES string of the molecule is O=C(O)c1cccc(N2CCNCC2)n1. The number of pyridine rings is 1. The highest BCUT2D eigenvalue weighted by atomic mass is 16.4. The number of anilines is 1. The molecule has 1 saturated heterocycles. The molecule has 5 nitrogen and oxygen atoms in total. The van der Waals surface area contributed by atoms with Crippen molar-refractivity contribution in [2.75, 3.05) is 31.1 Å². The Labute approximate surface area is 87.7 Å². The van der Waals surface area contributed by atoms with Crippen molar-refractivity contribution in [2.24, 2.45) is 0 Å². The monoisotopic (exact) mass is 207 g/mol. The Morgan fingerprint density at radius 2 is 2.13 bits per heavy atom. The molecule has 0 unspecified atom stereocenters. The molecule has 0 radical (unpaired) electrons. The van der Waals surface area contributed by atoms with Crippen LogP contribution in [0, 0.1) is 0 Å². The maximum absolute atomic E-state index is 10.7. The summed E-state index contributed by atoms with van der Waals surface area (Å²) in [6.07, 6.45) is 0. The molecule has 1 fully saturated rings. The van der Waals surface area contributed by atoms with E-state index in [2.05, 4.69) is 15.2 Å². The number of nitrogens with one attached hydrogen (secondary N) is 1. The van der Waals surface area contributed by atoms with E-state index in [0.29, 0.717) is 0 Å². The van der Waals surface area contributed by atoms with Gasteiger partial charge in [0.2, 0.25) is 0 Å². The minimum Gasteiger partial charge on any atom is -0.477 e. The molecule has 0 aromatic carbocycles. The van der Waals surface area contributed by atoms with Gasteiger partial charge in [0.1, 0.15) is 5.82 Å². The molecule has 0 amide bonds. The lowest BCUT2D eigenvalue weighted by Crippen LogP contribution is -2.44. The van der Waals surface area contributed by atoms with Crippen LogP contribution in [0.2, 0.25) is 0 Å². The highest BCUT2D eigenvalue weighted by Gasteiger charge is 2.13. The minimum atomic E-state index is -0.980. The van der Waals surface area contributed by atoms with Gasteiger partial charge in [0.05, 0.1) is 0 Å². The first kappa shape index (κ1) is 9.92. The van der Waals surface area contributed by atoms with E-state index in [1.807, 2.05) is 6.07 Å². The fourth-order valence-corrected chi connectivity index (χ4v) is 1.61. The highest BCUT2D eigenvalue weighted by Crippen LogP contribution is 2.11. The normalized spacial score (nSPS) is 16.4. The fourth-order valence-electron chi connectivity index (χ4n) is 1.61. The predicted octanol–water partition coefficient (Wildman–Crippen LogP) is 0.189. The maximum Gasteiger partial charge on any atom is 0.354 e. The van der Waals surface area contributed by atoms with Gasteiger partial charge in [-0.3, -0.25) is 0 Å². The number of hydrogen-bond acceptors (Lipinski definition) is 4. The highest BCUT2D eigenvalue weighted by molar-refractivity contribution is 5.85. The number of carboxylic acids is 1. The van der Waals surface area contributed by atoms with Crippen LogP contribution >= 0.6 is 0 Å². The van der Waals surface area contributed by atoms with E-state index >= 15 is 0 Å². The average molecular weight is 207 g/mol. The second-order valence-corrected chi connectivity index (χ2v) is 3.42. The van der Waals surface area contributed by atoms with Crippen molar-refractivity contribution in [1.82, 2.24) is 10.3 Å². The summed E-state index contributed by atoms with van der Waals surface area (Å²) >= 11 is 0. The summed E-state index contributed by atoms with van der Waals surface area (Å²) < 4.78 is 0. The predicted molar refractivity (Wildman–Crippen MR) is 56.3 cm³/mol. The Morgan fingerprint density at radius 1 is 1.40 bits per heavy atom. The Morgan fingerprint density at radius 3 is 2.80 bits per heavy atom. The van der Waals surface area contributed by atoms with Gasteiger partial charge in [0.25, 0.3) is 0 Å². The molecule has 1 aliphatic heterocycles. The number of aromatic carboxylic acids is 1. The quantitative estimate of drug-likeness (QED) is 0.724. The van der Waals surface area contributed by atoms with E-state index in [1.54, 1.807) is 6.07 Å². The number of aromatic nitrogens is 1. The zero-order chi connectivity index (χ0) is 10.7. The largest absolute Gasteiger partial charge is 0.477 e. The summed E-state index contributed by atoms with van der Waals surface area (Å²) in [6.45, 7) is 3.57. The van der Waals surface area contributed by atoms with Crippen molar-refractivity contribution in [3.63, 3.8) is 0 Å². The molecule has 0 saturated carbocycles. The average Bonchev–Trinajstić information content (AvgIpc) is 2.30. The smallest absolute Gasteiger partial charge is 0.354 e. The van der Waals surface area contributed by atoms with Crippen LogP contribution in [0.1, 0.15) is 10.5 Å². The van der Waals surface area contributed by atoms with Crippen LogP contribution in [0.4, 0.5) is 5.82 Å². The van der Waals surface area contributed by atoms with Crippen LogP contribution in [0.25, 0.3) is 0 Å². The Bertz CT molecular complexity index is 361. The molecular formula is C10H13N3O2. The lowest BCUT2D eigenvalue weighted by atomic mass is 10.3. The van der Waals surface area contributed by atoms with Crippen molar-refractivity contribution in [3.8, 4) is 0 Å². The van der Waals surface area contributed by atoms with Crippen molar-refractivity contribution in [1.29, 1.82) is 0 Å². The minimum absolute atomic E-state index is 0.103. The van der Waals surface area contributed by atoms with Crippen LogP contribution in [0.3, 0.4) is 0 Å². The third kappa shape index (κ3) is 2.24. The van der Waals surface area contributed by atoms with Gasteiger partial charge in [-0.25, -0.2) is 9.78 Å². The molecular weight excluding hydrogens is 194 g/mol. The van der Waals surface area contributed by atoms with Crippen molar-refractivity contribution < 1.29 is 9.90 Å². The van der Waals surface area contributed by atoms with E-state index in [0.717, 1.165) is 32.0 Å². The van der Waals surface area contributed by atoms with Crippen LogP contribution in [0.5, 0.6) is 0 Å². The summed E-state index contributed by atoms with van der Waals surface area (Å²) in [4.78, 5) is 16.9. The molecule has 1 aromatic heterocycles. The molecule has 2 heterocycles. The van der Waals surface area contributed by atoms with Gasteiger partial charge in [0, 0.05) is 26.2 Å². The number of piperazine rings is 1. The van der Waals surface area contributed by atoms with Crippen molar-refractivity contribution in [2.45, 2.75) is 0 Å². The van der Waals surface area contributed by atoms with Gasteiger partial charge in [-0.15, -0.1) is 0 Å². The van der Waals surface area contributed by atoms with Gasteiger partial charge in [-0.05, 0) is 12.1 Å².